The molecule has 0 aliphatic carbocycles. The number of pyridine rings is 1. The third-order valence-corrected chi connectivity index (χ3v) is 2.71. The van der Waals surface area contributed by atoms with Gasteiger partial charge in [-0.15, -0.1) is 0 Å². The van der Waals surface area contributed by atoms with E-state index in [-0.39, 0.29) is 0 Å². The van der Waals surface area contributed by atoms with E-state index in [1.165, 1.54) is 12.3 Å². The predicted octanol–water partition coefficient (Wildman–Crippen LogP) is 4.34. The quantitative estimate of drug-likeness (QED) is 0.848. The summed E-state index contributed by atoms with van der Waals surface area (Å²) in [6.07, 6.45) is -3.18. The van der Waals surface area contributed by atoms with Gasteiger partial charge in [0.2, 0.25) is 0 Å². The van der Waals surface area contributed by atoms with Crippen molar-refractivity contribution in [3.05, 3.63) is 47.9 Å². The van der Waals surface area contributed by atoms with Crippen molar-refractivity contribution < 1.29 is 17.6 Å². The highest BCUT2D eigenvalue weighted by Gasteiger charge is 2.33. The summed E-state index contributed by atoms with van der Waals surface area (Å²) in [5, 5.41) is 3.05. The summed E-state index contributed by atoms with van der Waals surface area (Å²) in [6.45, 7) is 2.61. The van der Waals surface area contributed by atoms with E-state index in [1.807, 2.05) is 6.92 Å². The lowest BCUT2D eigenvalue weighted by atomic mass is 10.1. The molecule has 2 rings (SSSR count). The van der Waals surface area contributed by atoms with Gasteiger partial charge >= 0.3 is 6.18 Å². The molecule has 106 valence electrons. The molecule has 1 heterocycles. The Kier molecular flexibility index (Phi) is 3.92. The molecule has 2 nitrogen and oxygen atoms in total. The zero-order valence-corrected chi connectivity index (χ0v) is 10.6. The van der Waals surface area contributed by atoms with Crippen LogP contribution in [0.5, 0.6) is 0 Å². The van der Waals surface area contributed by atoms with Gasteiger partial charge in [-0.3, -0.25) is 4.98 Å². The largest absolute Gasteiger partial charge is 0.419 e. The van der Waals surface area contributed by atoms with Crippen molar-refractivity contribution >= 4 is 5.69 Å². The zero-order valence-electron chi connectivity index (χ0n) is 10.6. The van der Waals surface area contributed by atoms with E-state index >= 15 is 0 Å². The zero-order chi connectivity index (χ0) is 14.8. The molecule has 0 saturated heterocycles. The highest BCUT2D eigenvalue weighted by Crippen LogP contribution is 2.33. The molecule has 0 amide bonds. The van der Waals surface area contributed by atoms with Gasteiger partial charge in [0.25, 0.3) is 0 Å². The fourth-order valence-electron chi connectivity index (χ4n) is 1.81. The van der Waals surface area contributed by atoms with Crippen molar-refractivity contribution in [2.45, 2.75) is 13.1 Å². The van der Waals surface area contributed by atoms with E-state index in [1.54, 1.807) is 12.1 Å². The van der Waals surface area contributed by atoms with Crippen LogP contribution >= 0.6 is 0 Å². The van der Waals surface area contributed by atoms with Gasteiger partial charge in [-0.05, 0) is 31.2 Å². The van der Waals surface area contributed by atoms with Crippen LogP contribution in [-0.2, 0) is 6.18 Å². The van der Waals surface area contributed by atoms with Crippen LogP contribution in [0.2, 0.25) is 0 Å². The molecule has 0 fully saturated rings. The second kappa shape index (κ2) is 5.48. The minimum absolute atomic E-state index is 0.301. The first kappa shape index (κ1) is 14.3. The number of anilines is 1. The third kappa shape index (κ3) is 3.07. The average molecular weight is 284 g/mol. The molecule has 0 saturated carbocycles. The van der Waals surface area contributed by atoms with E-state index in [0.29, 0.717) is 17.8 Å². The Labute approximate surface area is 113 Å². The Morgan fingerprint density at radius 1 is 1.15 bits per heavy atom. The molecule has 0 unspecified atom stereocenters. The first-order valence-corrected chi connectivity index (χ1v) is 5.99. The van der Waals surface area contributed by atoms with E-state index in [0.717, 1.165) is 17.8 Å². The van der Waals surface area contributed by atoms with Crippen LogP contribution in [0, 0.1) is 5.82 Å². The normalized spacial score (nSPS) is 11.4. The number of rotatable bonds is 3. The molecule has 0 aliphatic rings. The Morgan fingerprint density at radius 3 is 2.50 bits per heavy atom. The second-order valence-corrected chi connectivity index (χ2v) is 4.15. The molecule has 0 bridgehead atoms. The Balaban J connectivity index is 2.39. The lowest BCUT2D eigenvalue weighted by Crippen LogP contribution is -2.08. The first-order valence-electron chi connectivity index (χ1n) is 5.99. The molecule has 0 atom stereocenters. The van der Waals surface area contributed by atoms with E-state index in [4.69, 9.17) is 0 Å². The molecule has 1 aromatic carbocycles. The van der Waals surface area contributed by atoms with Crippen molar-refractivity contribution in [3.8, 4) is 11.3 Å². The Hall–Kier alpha value is -2.11. The van der Waals surface area contributed by atoms with Gasteiger partial charge in [0.1, 0.15) is 5.82 Å². The maximum Gasteiger partial charge on any atom is 0.419 e. The smallest absolute Gasteiger partial charge is 0.385 e. The molecule has 0 aliphatic heterocycles. The van der Waals surface area contributed by atoms with Gasteiger partial charge in [0.15, 0.2) is 0 Å². The molecule has 20 heavy (non-hydrogen) atoms. The summed E-state index contributed by atoms with van der Waals surface area (Å²) in [5.74, 6) is -1.30. The minimum Gasteiger partial charge on any atom is -0.385 e. The first-order chi connectivity index (χ1) is 9.41. The summed E-state index contributed by atoms with van der Waals surface area (Å²) in [7, 11) is 0. The van der Waals surface area contributed by atoms with E-state index < -0.39 is 17.6 Å². The fraction of sp³-hybridized carbons (Fsp3) is 0.214. The highest BCUT2D eigenvalue weighted by atomic mass is 19.4. The lowest BCUT2D eigenvalue weighted by molar-refractivity contribution is -0.139. The van der Waals surface area contributed by atoms with Crippen LogP contribution in [0.4, 0.5) is 23.2 Å². The minimum atomic E-state index is -4.69. The van der Waals surface area contributed by atoms with Crippen LogP contribution < -0.4 is 5.32 Å². The number of hydrogen-bond donors (Lipinski definition) is 1. The van der Waals surface area contributed by atoms with Crippen molar-refractivity contribution in [1.29, 1.82) is 0 Å². The van der Waals surface area contributed by atoms with Gasteiger partial charge in [-0.1, -0.05) is 6.07 Å². The molecule has 2 aromatic rings. The molecule has 0 spiro atoms. The standard InChI is InChI=1S/C14H12F4N2/c1-2-19-10-5-6-20-13(8-10)9-3-4-11(12(15)7-9)14(16,17)18/h3-8H,2H2,1H3,(H,19,20). The Bertz CT molecular complexity index is 608. The van der Waals surface area contributed by atoms with Crippen LogP contribution in [0.1, 0.15) is 12.5 Å². The van der Waals surface area contributed by atoms with Gasteiger partial charge in [0.05, 0.1) is 11.3 Å². The van der Waals surface area contributed by atoms with Crippen molar-refractivity contribution in [2.75, 3.05) is 11.9 Å². The molecular weight excluding hydrogens is 272 g/mol. The van der Waals surface area contributed by atoms with Gasteiger partial charge in [-0.2, -0.15) is 13.2 Å². The number of hydrogen-bond acceptors (Lipinski definition) is 2. The average Bonchev–Trinajstić information content (AvgIpc) is 2.38. The summed E-state index contributed by atoms with van der Waals surface area (Å²) in [4.78, 5) is 4.04. The summed E-state index contributed by atoms with van der Waals surface area (Å²) >= 11 is 0. The van der Waals surface area contributed by atoms with Gasteiger partial charge in [-0.25, -0.2) is 4.39 Å². The van der Waals surface area contributed by atoms with Crippen LogP contribution in [0.3, 0.4) is 0 Å². The maximum absolute atomic E-state index is 13.5. The summed E-state index contributed by atoms with van der Waals surface area (Å²) in [6, 6.07) is 6.18. The summed E-state index contributed by atoms with van der Waals surface area (Å²) < 4.78 is 51.0. The molecule has 1 aromatic heterocycles. The van der Waals surface area contributed by atoms with Gasteiger partial charge in [0, 0.05) is 24.0 Å². The fourth-order valence-corrected chi connectivity index (χ4v) is 1.81. The Morgan fingerprint density at radius 2 is 1.90 bits per heavy atom. The molecule has 1 N–H and O–H groups in total. The van der Waals surface area contributed by atoms with Crippen molar-refractivity contribution in [2.24, 2.45) is 0 Å². The maximum atomic E-state index is 13.5. The van der Waals surface area contributed by atoms with Crippen molar-refractivity contribution in [3.63, 3.8) is 0 Å². The van der Waals surface area contributed by atoms with Gasteiger partial charge < -0.3 is 5.32 Å². The topological polar surface area (TPSA) is 24.9 Å². The van der Waals surface area contributed by atoms with Crippen molar-refractivity contribution in [1.82, 2.24) is 4.98 Å². The molecule has 6 heteroatoms. The SMILES string of the molecule is CCNc1ccnc(-c2ccc(C(F)(F)F)c(F)c2)c1. The predicted molar refractivity (Wildman–Crippen MR) is 68.8 cm³/mol. The van der Waals surface area contributed by atoms with E-state index in [9.17, 15) is 17.6 Å². The number of aromatic nitrogens is 1. The van der Waals surface area contributed by atoms with Crippen LogP contribution in [0.15, 0.2) is 36.5 Å². The highest BCUT2D eigenvalue weighted by molar-refractivity contribution is 5.64. The lowest BCUT2D eigenvalue weighted by Gasteiger charge is -2.10. The number of halogens is 4. The van der Waals surface area contributed by atoms with Crippen LogP contribution in [0.25, 0.3) is 11.3 Å². The van der Waals surface area contributed by atoms with E-state index in [2.05, 4.69) is 10.3 Å². The molecular formula is C14H12F4N2. The molecule has 0 radical (unpaired) electrons. The second-order valence-electron chi connectivity index (χ2n) is 4.15. The number of benzene rings is 1. The third-order valence-electron chi connectivity index (χ3n) is 2.71. The number of nitrogens with zero attached hydrogens (tertiary/aromatic N) is 1. The monoisotopic (exact) mass is 284 g/mol. The number of alkyl halides is 3. The summed E-state index contributed by atoms with van der Waals surface area (Å²) in [5.41, 5.74) is 0.216. The number of nitrogens with one attached hydrogen (secondary N) is 1. The van der Waals surface area contributed by atoms with Crippen LogP contribution in [-0.4, -0.2) is 11.5 Å².